The minimum absolute atomic E-state index is 0.0616. The van der Waals surface area contributed by atoms with Gasteiger partial charge in [0.15, 0.2) is 0 Å². The van der Waals surface area contributed by atoms with E-state index < -0.39 is 5.91 Å². The Morgan fingerprint density at radius 1 is 1.27 bits per heavy atom. The van der Waals surface area contributed by atoms with Crippen LogP contribution >= 0.6 is 0 Å². The van der Waals surface area contributed by atoms with E-state index in [1.165, 1.54) is 25.3 Å². The third kappa shape index (κ3) is 3.87. The van der Waals surface area contributed by atoms with Crippen molar-refractivity contribution < 1.29 is 14.6 Å². The first-order valence-electron chi connectivity index (χ1n) is 6.48. The second kappa shape index (κ2) is 6.95. The largest absolute Gasteiger partial charge is 0.508 e. The molecule has 0 atom stereocenters. The van der Waals surface area contributed by atoms with Crippen LogP contribution in [0.15, 0.2) is 54.1 Å². The van der Waals surface area contributed by atoms with Gasteiger partial charge in [0.1, 0.15) is 23.1 Å². The predicted molar refractivity (Wildman–Crippen MR) is 83.3 cm³/mol. The number of methoxy groups -OCH3 is 1. The minimum Gasteiger partial charge on any atom is -0.508 e. The molecule has 0 fully saturated rings. The van der Waals surface area contributed by atoms with Crippen molar-refractivity contribution >= 4 is 17.7 Å². The Bertz CT molecular complexity index is 760. The van der Waals surface area contributed by atoms with Crippen LogP contribution < -0.4 is 10.1 Å². The molecule has 0 heterocycles. The summed E-state index contributed by atoms with van der Waals surface area (Å²) >= 11 is 0. The predicted octanol–water partition coefficient (Wildman–Crippen LogP) is 2.95. The number of nitrogens with one attached hydrogen (secondary N) is 1. The number of nitriles is 1. The molecule has 0 unspecified atom stereocenters. The maximum absolute atomic E-state index is 12.1. The lowest BCUT2D eigenvalue weighted by molar-refractivity contribution is -0.112. The van der Waals surface area contributed by atoms with E-state index in [4.69, 9.17) is 10.00 Å². The van der Waals surface area contributed by atoms with Crippen molar-refractivity contribution in [3.05, 3.63) is 59.7 Å². The highest BCUT2D eigenvalue weighted by atomic mass is 16.5. The zero-order valence-electron chi connectivity index (χ0n) is 11.9. The van der Waals surface area contributed by atoms with Gasteiger partial charge in [-0.05, 0) is 35.9 Å². The van der Waals surface area contributed by atoms with Crippen molar-refractivity contribution in [3.8, 4) is 17.6 Å². The average Bonchev–Trinajstić information content (AvgIpc) is 2.52. The minimum atomic E-state index is -0.529. The van der Waals surface area contributed by atoms with Gasteiger partial charge >= 0.3 is 0 Å². The van der Waals surface area contributed by atoms with Crippen LogP contribution in [0.5, 0.6) is 11.5 Å². The van der Waals surface area contributed by atoms with Crippen LogP contribution in [0.3, 0.4) is 0 Å². The van der Waals surface area contributed by atoms with Crippen LogP contribution in [0.1, 0.15) is 5.56 Å². The molecule has 5 nitrogen and oxygen atoms in total. The van der Waals surface area contributed by atoms with Crippen molar-refractivity contribution in [2.75, 3.05) is 12.4 Å². The molecule has 2 N–H and O–H groups in total. The summed E-state index contributed by atoms with van der Waals surface area (Å²) in [6.45, 7) is 0. The van der Waals surface area contributed by atoms with Gasteiger partial charge in [-0.2, -0.15) is 5.26 Å². The van der Waals surface area contributed by atoms with Gasteiger partial charge in [-0.25, -0.2) is 0 Å². The monoisotopic (exact) mass is 294 g/mol. The summed E-state index contributed by atoms with van der Waals surface area (Å²) in [7, 11) is 1.53. The Balaban J connectivity index is 2.20. The molecular formula is C17H14N2O3. The number of hydrogen-bond acceptors (Lipinski definition) is 4. The number of amides is 1. The fraction of sp³-hybridized carbons (Fsp3) is 0.0588. The first-order chi connectivity index (χ1) is 10.6. The topological polar surface area (TPSA) is 82.3 Å². The van der Waals surface area contributed by atoms with E-state index in [2.05, 4.69) is 5.32 Å². The van der Waals surface area contributed by atoms with E-state index in [0.717, 1.165) is 0 Å². The third-order valence-electron chi connectivity index (χ3n) is 2.87. The third-order valence-corrected chi connectivity index (χ3v) is 2.87. The molecule has 2 aromatic rings. The van der Waals surface area contributed by atoms with E-state index in [1.807, 2.05) is 6.07 Å². The number of phenols is 1. The van der Waals surface area contributed by atoms with Crippen molar-refractivity contribution in [1.82, 2.24) is 0 Å². The van der Waals surface area contributed by atoms with E-state index in [0.29, 0.717) is 17.0 Å². The molecular weight excluding hydrogens is 280 g/mol. The standard InChI is InChI=1S/C17H14N2O3/c1-22-16-7-3-5-14(10-16)19-17(21)13(11-18)8-12-4-2-6-15(20)9-12/h2-10,20H,1H3,(H,19,21)/b13-8-. The highest BCUT2D eigenvalue weighted by Crippen LogP contribution is 2.18. The normalized spacial score (nSPS) is 10.6. The van der Waals surface area contributed by atoms with E-state index in [1.54, 1.807) is 36.4 Å². The van der Waals surface area contributed by atoms with E-state index in [-0.39, 0.29) is 11.3 Å². The Labute approximate surface area is 128 Å². The van der Waals surface area contributed by atoms with E-state index >= 15 is 0 Å². The van der Waals surface area contributed by atoms with Gasteiger partial charge in [0.05, 0.1) is 7.11 Å². The molecule has 5 heteroatoms. The lowest BCUT2D eigenvalue weighted by atomic mass is 10.1. The Morgan fingerprint density at radius 3 is 2.73 bits per heavy atom. The number of anilines is 1. The van der Waals surface area contributed by atoms with Crippen LogP contribution in [0, 0.1) is 11.3 Å². The maximum Gasteiger partial charge on any atom is 0.266 e. The van der Waals surface area contributed by atoms with Gasteiger partial charge in [-0.15, -0.1) is 0 Å². The summed E-state index contributed by atoms with van der Waals surface area (Å²) in [5.41, 5.74) is 1.03. The second-order valence-electron chi connectivity index (χ2n) is 4.45. The van der Waals surface area contributed by atoms with Gasteiger partial charge in [0, 0.05) is 11.8 Å². The molecule has 2 aromatic carbocycles. The molecule has 0 aromatic heterocycles. The Hall–Kier alpha value is -3.26. The van der Waals surface area contributed by atoms with Gasteiger partial charge in [0.2, 0.25) is 0 Å². The number of rotatable bonds is 4. The van der Waals surface area contributed by atoms with Crippen LogP contribution in [-0.2, 0) is 4.79 Å². The summed E-state index contributed by atoms with van der Waals surface area (Å²) in [5, 5.41) is 21.2. The number of ether oxygens (including phenoxy) is 1. The van der Waals surface area contributed by atoms with Crippen LogP contribution in [0.2, 0.25) is 0 Å². The molecule has 0 bridgehead atoms. The fourth-order valence-electron chi connectivity index (χ4n) is 1.83. The van der Waals surface area contributed by atoms with Crippen molar-refractivity contribution in [2.24, 2.45) is 0 Å². The van der Waals surface area contributed by atoms with Crippen LogP contribution in [0.4, 0.5) is 5.69 Å². The molecule has 0 saturated heterocycles. The molecule has 0 aliphatic heterocycles. The summed E-state index contributed by atoms with van der Waals surface area (Å²) < 4.78 is 5.07. The number of benzene rings is 2. The Morgan fingerprint density at radius 2 is 2.05 bits per heavy atom. The van der Waals surface area contributed by atoms with Gasteiger partial charge in [-0.1, -0.05) is 18.2 Å². The van der Waals surface area contributed by atoms with Crippen molar-refractivity contribution in [3.63, 3.8) is 0 Å². The molecule has 0 aliphatic rings. The first-order valence-corrected chi connectivity index (χ1v) is 6.48. The van der Waals surface area contributed by atoms with Crippen molar-refractivity contribution in [2.45, 2.75) is 0 Å². The number of aromatic hydroxyl groups is 1. The SMILES string of the molecule is COc1cccc(NC(=O)/C(C#N)=C\c2cccc(O)c2)c1. The molecule has 0 aliphatic carbocycles. The molecule has 0 saturated carbocycles. The summed E-state index contributed by atoms with van der Waals surface area (Å²) in [6, 6.07) is 15.0. The van der Waals surface area contributed by atoms with Gasteiger partial charge in [0.25, 0.3) is 5.91 Å². The number of phenolic OH excluding ortho intramolecular Hbond substituents is 1. The quantitative estimate of drug-likeness (QED) is 0.671. The maximum atomic E-state index is 12.1. The molecule has 0 spiro atoms. The zero-order chi connectivity index (χ0) is 15.9. The fourth-order valence-corrected chi connectivity index (χ4v) is 1.83. The second-order valence-corrected chi connectivity index (χ2v) is 4.45. The summed E-state index contributed by atoms with van der Waals surface area (Å²) in [5.74, 6) is 0.145. The molecule has 22 heavy (non-hydrogen) atoms. The lowest BCUT2D eigenvalue weighted by Gasteiger charge is -2.06. The smallest absolute Gasteiger partial charge is 0.266 e. The highest BCUT2D eigenvalue weighted by molar-refractivity contribution is 6.09. The Kier molecular flexibility index (Phi) is 4.78. The molecule has 1 amide bonds. The number of nitrogens with zero attached hydrogens (tertiary/aromatic N) is 1. The van der Waals surface area contributed by atoms with Gasteiger partial charge in [-0.3, -0.25) is 4.79 Å². The lowest BCUT2D eigenvalue weighted by Crippen LogP contribution is -2.13. The number of carbonyl (C=O) groups excluding carboxylic acids is 1. The van der Waals surface area contributed by atoms with Crippen LogP contribution in [-0.4, -0.2) is 18.1 Å². The highest BCUT2D eigenvalue weighted by Gasteiger charge is 2.10. The van der Waals surface area contributed by atoms with Crippen molar-refractivity contribution in [1.29, 1.82) is 5.26 Å². The van der Waals surface area contributed by atoms with Gasteiger partial charge < -0.3 is 15.2 Å². The number of hydrogen-bond donors (Lipinski definition) is 2. The zero-order valence-corrected chi connectivity index (χ0v) is 11.9. The van der Waals surface area contributed by atoms with E-state index in [9.17, 15) is 9.90 Å². The first kappa shape index (κ1) is 15.1. The molecule has 110 valence electrons. The van der Waals surface area contributed by atoms with Crippen LogP contribution in [0.25, 0.3) is 6.08 Å². The average molecular weight is 294 g/mol. The number of carbonyl (C=O) groups is 1. The molecule has 2 rings (SSSR count). The summed E-state index contributed by atoms with van der Waals surface area (Å²) in [4.78, 5) is 12.1. The molecule has 0 radical (unpaired) electrons. The summed E-state index contributed by atoms with van der Waals surface area (Å²) in [6.07, 6.45) is 1.41.